The van der Waals surface area contributed by atoms with E-state index in [2.05, 4.69) is 45.0 Å². The lowest BCUT2D eigenvalue weighted by Gasteiger charge is -1.99. The lowest BCUT2D eigenvalue weighted by atomic mass is 10.3. The molecule has 0 fully saturated rings. The number of aromatic nitrogens is 3. The highest BCUT2D eigenvalue weighted by Crippen LogP contribution is 2.12. The van der Waals surface area contributed by atoms with Gasteiger partial charge in [-0.25, -0.2) is 4.68 Å². The molecule has 1 aromatic carbocycles. The Labute approximate surface area is 113 Å². The number of benzene rings is 1. The number of alkyl halides is 1. The third-order valence-corrected chi connectivity index (χ3v) is 3.12. The van der Waals surface area contributed by atoms with E-state index in [1.165, 1.54) is 3.57 Å². The minimum atomic E-state index is 0.663. The fourth-order valence-electron chi connectivity index (χ4n) is 1.41. The Kier molecular flexibility index (Phi) is 4.17. The van der Waals surface area contributed by atoms with Gasteiger partial charge in [0, 0.05) is 9.45 Å². The fourth-order valence-corrected chi connectivity index (χ4v) is 2.07. The molecule has 2 rings (SSSR count). The zero-order chi connectivity index (χ0) is 11.4. The molecule has 0 N–H and O–H groups in total. The minimum absolute atomic E-state index is 0.663. The maximum atomic E-state index is 5.64. The molecule has 0 aliphatic heterocycles. The van der Waals surface area contributed by atoms with E-state index in [4.69, 9.17) is 11.6 Å². The highest BCUT2D eigenvalue weighted by atomic mass is 127. The van der Waals surface area contributed by atoms with Crippen LogP contribution in [0.2, 0.25) is 0 Å². The molecule has 1 heterocycles. The van der Waals surface area contributed by atoms with Crippen LogP contribution >= 0.6 is 34.2 Å². The first-order chi connectivity index (χ1) is 7.79. The van der Waals surface area contributed by atoms with Gasteiger partial charge in [0.2, 0.25) is 0 Å². The van der Waals surface area contributed by atoms with Gasteiger partial charge in [0.25, 0.3) is 0 Å². The second-order valence-corrected chi connectivity index (χ2v) is 5.05. The molecule has 0 saturated heterocycles. The molecule has 0 amide bonds. The molecule has 0 aliphatic rings. The van der Waals surface area contributed by atoms with Gasteiger partial charge < -0.3 is 0 Å². The minimum Gasteiger partial charge on any atom is -0.220 e. The van der Waals surface area contributed by atoms with Crippen molar-refractivity contribution in [3.8, 4) is 5.69 Å². The van der Waals surface area contributed by atoms with Gasteiger partial charge >= 0.3 is 0 Å². The molecule has 0 spiro atoms. The molecule has 16 heavy (non-hydrogen) atoms. The summed E-state index contributed by atoms with van der Waals surface area (Å²) in [5, 5.41) is 8.21. The normalized spacial score (nSPS) is 10.6. The molecule has 0 unspecified atom stereocenters. The summed E-state index contributed by atoms with van der Waals surface area (Å²) in [6, 6.07) is 8.15. The van der Waals surface area contributed by atoms with Crippen LogP contribution in [0.15, 0.2) is 30.5 Å². The largest absolute Gasteiger partial charge is 0.220 e. The molecule has 0 aliphatic carbocycles. The van der Waals surface area contributed by atoms with Crippen molar-refractivity contribution in [3.05, 3.63) is 39.7 Å². The number of nitrogens with zero attached hydrogens (tertiary/aromatic N) is 3. The van der Waals surface area contributed by atoms with E-state index < -0.39 is 0 Å². The Morgan fingerprint density at radius 2 is 2.25 bits per heavy atom. The van der Waals surface area contributed by atoms with Crippen LogP contribution in [0.4, 0.5) is 0 Å². The Morgan fingerprint density at radius 3 is 3.00 bits per heavy atom. The van der Waals surface area contributed by atoms with Gasteiger partial charge in [0.1, 0.15) is 0 Å². The van der Waals surface area contributed by atoms with Gasteiger partial charge in [-0.2, -0.15) is 0 Å². The molecule has 0 radical (unpaired) electrons. The van der Waals surface area contributed by atoms with Crippen LogP contribution in [0, 0.1) is 3.57 Å². The molecule has 84 valence electrons. The molecular weight excluding hydrogens is 336 g/mol. The number of halogens is 2. The summed E-state index contributed by atoms with van der Waals surface area (Å²) in [6.45, 7) is 0. The topological polar surface area (TPSA) is 30.7 Å². The van der Waals surface area contributed by atoms with Crippen LogP contribution in [0.25, 0.3) is 5.69 Å². The number of aryl methyl sites for hydroxylation is 1. The zero-order valence-corrected chi connectivity index (χ0v) is 11.5. The van der Waals surface area contributed by atoms with Crippen LogP contribution in [-0.2, 0) is 6.42 Å². The summed E-state index contributed by atoms with van der Waals surface area (Å²) in [4.78, 5) is 0. The standard InChI is InChI=1S/C11H11ClIN3/c12-6-2-4-10-8-16(15-14-10)11-5-1-3-9(13)7-11/h1,3,5,7-8H,2,4,6H2. The predicted octanol–water partition coefficient (Wildman–Crippen LogP) is 3.04. The fraction of sp³-hybridized carbons (Fsp3) is 0.273. The van der Waals surface area contributed by atoms with E-state index in [1.807, 2.05) is 18.3 Å². The molecule has 0 atom stereocenters. The maximum Gasteiger partial charge on any atom is 0.0832 e. The first-order valence-electron chi connectivity index (χ1n) is 5.03. The quantitative estimate of drug-likeness (QED) is 0.629. The van der Waals surface area contributed by atoms with Crippen molar-refractivity contribution in [2.45, 2.75) is 12.8 Å². The van der Waals surface area contributed by atoms with Gasteiger partial charge in [-0.05, 0) is 53.6 Å². The third kappa shape index (κ3) is 2.95. The Morgan fingerprint density at radius 1 is 1.38 bits per heavy atom. The van der Waals surface area contributed by atoms with Crippen molar-refractivity contribution in [2.24, 2.45) is 0 Å². The third-order valence-electron chi connectivity index (χ3n) is 2.18. The van der Waals surface area contributed by atoms with Crippen LogP contribution < -0.4 is 0 Å². The zero-order valence-electron chi connectivity index (χ0n) is 8.61. The summed E-state index contributed by atoms with van der Waals surface area (Å²) < 4.78 is 2.99. The summed E-state index contributed by atoms with van der Waals surface area (Å²) in [5.41, 5.74) is 2.02. The van der Waals surface area contributed by atoms with Gasteiger partial charge in [-0.3, -0.25) is 0 Å². The highest BCUT2D eigenvalue weighted by Gasteiger charge is 2.02. The lowest BCUT2D eigenvalue weighted by Crippen LogP contribution is -1.94. The second-order valence-electron chi connectivity index (χ2n) is 3.43. The van der Waals surface area contributed by atoms with Crippen molar-refractivity contribution in [2.75, 3.05) is 5.88 Å². The van der Waals surface area contributed by atoms with Crippen molar-refractivity contribution in [1.82, 2.24) is 15.0 Å². The molecule has 3 nitrogen and oxygen atoms in total. The van der Waals surface area contributed by atoms with Crippen molar-refractivity contribution in [1.29, 1.82) is 0 Å². The summed E-state index contributed by atoms with van der Waals surface area (Å²) >= 11 is 7.92. The molecule has 1 aromatic heterocycles. The van der Waals surface area contributed by atoms with Gasteiger partial charge in [-0.15, -0.1) is 16.7 Å². The Balaban J connectivity index is 2.18. The first-order valence-corrected chi connectivity index (χ1v) is 6.64. The van der Waals surface area contributed by atoms with Gasteiger partial charge in [0.05, 0.1) is 17.6 Å². The van der Waals surface area contributed by atoms with Crippen molar-refractivity contribution in [3.63, 3.8) is 0 Å². The van der Waals surface area contributed by atoms with Crippen molar-refractivity contribution < 1.29 is 0 Å². The predicted molar refractivity (Wildman–Crippen MR) is 73.1 cm³/mol. The monoisotopic (exact) mass is 347 g/mol. The summed E-state index contributed by atoms with van der Waals surface area (Å²) in [5.74, 6) is 0.663. The molecule has 0 bridgehead atoms. The van der Waals surface area contributed by atoms with Gasteiger partial charge in [0.15, 0.2) is 0 Å². The molecule has 0 saturated carbocycles. The first kappa shape index (κ1) is 11.9. The van der Waals surface area contributed by atoms with E-state index in [9.17, 15) is 0 Å². The van der Waals surface area contributed by atoms with E-state index in [0.717, 1.165) is 24.2 Å². The molecule has 2 aromatic rings. The number of hydrogen-bond donors (Lipinski definition) is 0. The van der Waals surface area contributed by atoms with E-state index in [0.29, 0.717) is 5.88 Å². The number of rotatable bonds is 4. The van der Waals surface area contributed by atoms with Crippen LogP contribution in [-0.4, -0.2) is 20.9 Å². The summed E-state index contributed by atoms with van der Waals surface area (Å²) in [6.07, 6.45) is 3.78. The van der Waals surface area contributed by atoms with E-state index in [1.54, 1.807) is 4.68 Å². The molecular formula is C11H11ClIN3. The smallest absolute Gasteiger partial charge is 0.0832 e. The van der Waals surface area contributed by atoms with E-state index in [-0.39, 0.29) is 0 Å². The second kappa shape index (κ2) is 5.63. The maximum absolute atomic E-state index is 5.64. The van der Waals surface area contributed by atoms with Gasteiger partial charge in [-0.1, -0.05) is 11.3 Å². The average molecular weight is 348 g/mol. The lowest BCUT2D eigenvalue weighted by molar-refractivity contribution is 0.792. The van der Waals surface area contributed by atoms with E-state index >= 15 is 0 Å². The number of hydrogen-bond acceptors (Lipinski definition) is 2. The SMILES string of the molecule is ClCCCc1cn(-c2cccc(I)c2)nn1. The van der Waals surface area contributed by atoms with Crippen LogP contribution in [0.1, 0.15) is 12.1 Å². The summed E-state index contributed by atoms with van der Waals surface area (Å²) in [7, 11) is 0. The Bertz CT molecular complexity index is 470. The average Bonchev–Trinajstić information content (AvgIpc) is 2.75. The van der Waals surface area contributed by atoms with Crippen LogP contribution in [0.5, 0.6) is 0 Å². The van der Waals surface area contributed by atoms with Crippen LogP contribution in [0.3, 0.4) is 0 Å². The van der Waals surface area contributed by atoms with Crippen molar-refractivity contribution >= 4 is 34.2 Å². The highest BCUT2D eigenvalue weighted by molar-refractivity contribution is 14.1. The Hall–Kier alpha value is -0.620. The molecule has 5 heteroatoms.